The normalized spacial score (nSPS) is 24.8. The lowest BCUT2D eigenvalue weighted by Crippen LogP contribution is -2.31. The molecule has 5 nitrogen and oxygen atoms in total. The summed E-state index contributed by atoms with van der Waals surface area (Å²) in [5.41, 5.74) is -0.244. The topological polar surface area (TPSA) is 69.7 Å². The van der Waals surface area contributed by atoms with E-state index >= 15 is 0 Å². The van der Waals surface area contributed by atoms with Crippen molar-refractivity contribution >= 4 is 15.8 Å². The minimum atomic E-state index is -3.32. The lowest BCUT2D eigenvalue weighted by molar-refractivity contribution is -0.140. The van der Waals surface area contributed by atoms with Gasteiger partial charge in [-0.15, -0.1) is 0 Å². The van der Waals surface area contributed by atoms with Crippen LogP contribution in [0.15, 0.2) is 0 Å². The summed E-state index contributed by atoms with van der Waals surface area (Å²) in [4.78, 5) is 11.1. The molecule has 0 spiro atoms. The van der Waals surface area contributed by atoms with Gasteiger partial charge < -0.3 is 9.47 Å². The van der Waals surface area contributed by atoms with Crippen LogP contribution < -0.4 is 0 Å². The molecule has 0 aromatic rings. The standard InChI is InChI=1S/C12H22O5S/c1-9(7-11(13)16-4)18(14,15)8-10-5-6-12(2,3)17-10/h9-10H,5-8H2,1-4H3. The quantitative estimate of drug-likeness (QED) is 0.709. The first-order valence-corrected chi connectivity index (χ1v) is 7.84. The van der Waals surface area contributed by atoms with Gasteiger partial charge in [0, 0.05) is 0 Å². The molecule has 2 atom stereocenters. The van der Waals surface area contributed by atoms with E-state index in [0.29, 0.717) is 0 Å². The maximum Gasteiger partial charge on any atom is 0.306 e. The molecule has 6 heteroatoms. The van der Waals surface area contributed by atoms with E-state index < -0.39 is 21.1 Å². The summed E-state index contributed by atoms with van der Waals surface area (Å²) >= 11 is 0. The van der Waals surface area contributed by atoms with E-state index in [9.17, 15) is 13.2 Å². The van der Waals surface area contributed by atoms with Crippen LogP contribution in [-0.4, -0.2) is 44.2 Å². The number of rotatable bonds is 5. The second kappa shape index (κ2) is 5.57. The molecular formula is C12H22O5S. The van der Waals surface area contributed by atoms with E-state index in [-0.39, 0.29) is 23.9 Å². The van der Waals surface area contributed by atoms with Crippen LogP contribution in [-0.2, 0) is 24.1 Å². The van der Waals surface area contributed by atoms with E-state index in [1.807, 2.05) is 13.8 Å². The summed E-state index contributed by atoms with van der Waals surface area (Å²) in [5.74, 6) is -0.520. The van der Waals surface area contributed by atoms with Crippen molar-refractivity contribution in [2.24, 2.45) is 0 Å². The molecule has 106 valence electrons. The molecular weight excluding hydrogens is 256 g/mol. The van der Waals surface area contributed by atoms with Gasteiger partial charge in [-0.2, -0.15) is 0 Å². The monoisotopic (exact) mass is 278 g/mol. The van der Waals surface area contributed by atoms with Gasteiger partial charge in [-0.3, -0.25) is 4.79 Å². The van der Waals surface area contributed by atoms with Gasteiger partial charge in [0.05, 0.1) is 36.2 Å². The van der Waals surface area contributed by atoms with E-state index in [4.69, 9.17) is 4.74 Å². The Morgan fingerprint density at radius 2 is 2.11 bits per heavy atom. The summed E-state index contributed by atoms with van der Waals surface area (Å²) < 4.78 is 34.3. The van der Waals surface area contributed by atoms with Crippen LogP contribution in [0.25, 0.3) is 0 Å². The van der Waals surface area contributed by atoms with Crippen molar-refractivity contribution in [2.75, 3.05) is 12.9 Å². The number of carbonyl (C=O) groups excluding carboxylic acids is 1. The second-order valence-corrected chi connectivity index (χ2v) is 7.92. The van der Waals surface area contributed by atoms with Crippen molar-refractivity contribution in [2.45, 2.75) is 57.0 Å². The summed E-state index contributed by atoms with van der Waals surface area (Å²) in [5, 5.41) is -0.725. The van der Waals surface area contributed by atoms with Gasteiger partial charge in [0.2, 0.25) is 0 Å². The van der Waals surface area contributed by atoms with Crippen molar-refractivity contribution in [3.63, 3.8) is 0 Å². The fourth-order valence-electron chi connectivity index (χ4n) is 2.06. The van der Waals surface area contributed by atoms with Gasteiger partial charge in [0.25, 0.3) is 0 Å². The molecule has 18 heavy (non-hydrogen) atoms. The van der Waals surface area contributed by atoms with Crippen molar-refractivity contribution < 1.29 is 22.7 Å². The highest BCUT2D eigenvalue weighted by Crippen LogP contribution is 2.30. The van der Waals surface area contributed by atoms with E-state index in [2.05, 4.69) is 4.74 Å². The van der Waals surface area contributed by atoms with Crippen molar-refractivity contribution in [3.8, 4) is 0 Å². The highest BCUT2D eigenvalue weighted by molar-refractivity contribution is 7.92. The Morgan fingerprint density at radius 1 is 1.50 bits per heavy atom. The largest absolute Gasteiger partial charge is 0.469 e. The zero-order valence-corrected chi connectivity index (χ0v) is 12.2. The maximum atomic E-state index is 12.1. The molecule has 0 radical (unpaired) electrons. The Hall–Kier alpha value is -0.620. The van der Waals surface area contributed by atoms with Crippen LogP contribution in [0.3, 0.4) is 0 Å². The summed E-state index contributed by atoms with van der Waals surface area (Å²) in [6, 6.07) is 0. The van der Waals surface area contributed by atoms with Gasteiger partial charge in [-0.25, -0.2) is 8.42 Å². The molecule has 1 fully saturated rings. The van der Waals surface area contributed by atoms with Crippen LogP contribution in [0.1, 0.15) is 40.0 Å². The van der Waals surface area contributed by atoms with Gasteiger partial charge in [0.15, 0.2) is 9.84 Å². The number of esters is 1. The number of hydrogen-bond acceptors (Lipinski definition) is 5. The number of ether oxygens (including phenoxy) is 2. The Labute approximate surface area is 109 Å². The van der Waals surface area contributed by atoms with Crippen LogP contribution in [0.5, 0.6) is 0 Å². The molecule has 0 aromatic heterocycles. The van der Waals surface area contributed by atoms with Gasteiger partial charge in [-0.1, -0.05) is 0 Å². The van der Waals surface area contributed by atoms with Crippen LogP contribution in [0.4, 0.5) is 0 Å². The first-order chi connectivity index (χ1) is 8.16. The second-order valence-electron chi connectivity index (χ2n) is 5.46. The number of sulfone groups is 1. The lowest BCUT2D eigenvalue weighted by atomic mass is 10.1. The molecule has 0 aliphatic carbocycles. The predicted octanol–water partition coefficient (Wildman–Crippen LogP) is 1.31. The molecule has 2 unspecified atom stereocenters. The average molecular weight is 278 g/mol. The molecule has 0 N–H and O–H groups in total. The Morgan fingerprint density at radius 3 is 2.56 bits per heavy atom. The molecule has 0 amide bonds. The molecule has 1 heterocycles. The average Bonchev–Trinajstić information content (AvgIpc) is 2.56. The van der Waals surface area contributed by atoms with Crippen LogP contribution >= 0.6 is 0 Å². The Balaban J connectivity index is 2.57. The van der Waals surface area contributed by atoms with Gasteiger partial charge in [-0.05, 0) is 33.6 Å². The SMILES string of the molecule is COC(=O)CC(C)S(=O)(=O)CC1CCC(C)(C)O1. The number of methoxy groups -OCH3 is 1. The molecule has 1 aliphatic rings. The third-order valence-electron chi connectivity index (χ3n) is 3.27. The van der Waals surface area contributed by atoms with Crippen molar-refractivity contribution in [1.82, 2.24) is 0 Å². The van der Waals surface area contributed by atoms with E-state index in [1.165, 1.54) is 14.0 Å². The summed E-state index contributed by atoms with van der Waals surface area (Å²) in [7, 11) is -2.07. The third kappa shape index (κ3) is 4.24. The first kappa shape index (κ1) is 15.4. The Bertz CT molecular complexity index is 399. The maximum absolute atomic E-state index is 12.1. The minimum Gasteiger partial charge on any atom is -0.469 e. The zero-order valence-electron chi connectivity index (χ0n) is 11.4. The van der Waals surface area contributed by atoms with Gasteiger partial charge >= 0.3 is 5.97 Å². The third-order valence-corrected chi connectivity index (χ3v) is 5.50. The molecule has 1 saturated heterocycles. The number of hydrogen-bond donors (Lipinski definition) is 0. The zero-order chi connectivity index (χ0) is 14.0. The predicted molar refractivity (Wildman–Crippen MR) is 68.1 cm³/mol. The van der Waals surface area contributed by atoms with Crippen molar-refractivity contribution in [1.29, 1.82) is 0 Å². The van der Waals surface area contributed by atoms with Crippen molar-refractivity contribution in [3.05, 3.63) is 0 Å². The van der Waals surface area contributed by atoms with E-state index in [0.717, 1.165) is 12.8 Å². The Kier molecular flexibility index (Phi) is 4.78. The smallest absolute Gasteiger partial charge is 0.306 e. The minimum absolute atomic E-state index is 0.0193. The van der Waals surface area contributed by atoms with Crippen LogP contribution in [0.2, 0.25) is 0 Å². The van der Waals surface area contributed by atoms with E-state index in [1.54, 1.807) is 0 Å². The number of carbonyl (C=O) groups is 1. The molecule has 0 aromatic carbocycles. The first-order valence-electron chi connectivity index (χ1n) is 6.12. The lowest BCUT2D eigenvalue weighted by Gasteiger charge is -2.20. The van der Waals surface area contributed by atoms with Gasteiger partial charge in [0.1, 0.15) is 0 Å². The molecule has 0 bridgehead atoms. The highest BCUT2D eigenvalue weighted by Gasteiger charge is 2.36. The highest BCUT2D eigenvalue weighted by atomic mass is 32.2. The summed E-state index contributed by atoms with van der Waals surface area (Å²) in [6.07, 6.45) is 1.25. The summed E-state index contributed by atoms with van der Waals surface area (Å²) in [6.45, 7) is 5.45. The molecule has 1 aliphatic heterocycles. The fraction of sp³-hybridized carbons (Fsp3) is 0.917. The molecule has 1 rings (SSSR count). The van der Waals surface area contributed by atoms with Crippen LogP contribution in [0, 0.1) is 0 Å². The molecule has 0 saturated carbocycles. The fourth-order valence-corrected chi connectivity index (χ4v) is 3.53.